The lowest BCUT2D eigenvalue weighted by molar-refractivity contribution is -0.163. The summed E-state index contributed by atoms with van der Waals surface area (Å²) in [4.78, 5) is 46.1. The van der Waals surface area contributed by atoms with Crippen LogP contribution in [0.3, 0.4) is 0 Å². The Hall–Kier alpha value is -3.98. The van der Waals surface area contributed by atoms with Crippen LogP contribution in [0.15, 0.2) is 47.7 Å². The fourth-order valence-electron chi connectivity index (χ4n) is 5.21. The fraction of sp³-hybridized carbons (Fsp3) is 0.464. The van der Waals surface area contributed by atoms with Crippen molar-refractivity contribution < 1.29 is 41.1 Å². The number of pyridine rings is 1. The standard InChI is InChI=1S/C28H31F5N6O4/c1-16-28(21-6-4-5-10-35-21)22(37-39(25(28)42)15-27(31,32)33)9-11-38(16)23(40)20(36-24(41)26(2,3)34)14-43-13-17-7-8-18(29)12-19(17)30/h4-8,10,12,16,20H,9,11,13-15,34H2,1-3H3,(H,36,41)/t16?,20-,28+/m1/s1. The van der Waals surface area contributed by atoms with E-state index in [0.29, 0.717) is 11.1 Å². The van der Waals surface area contributed by atoms with Gasteiger partial charge in [0.1, 0.15) is 24.2 Å². The maximum Gasteiger partial charge on any atom is 0.408 e. The van der Waals surface area contributed by atoms with E-state index in [2.05, 4.69) is 15.4 Å². The van der Waals surface area contributed by atoms with E-state index >= 15 is 0 Å². The number of likely N-dealkylation sites (tertiary alicyclic amines) is 1. The highest BCUT2D eigenvalue weighted by molar-refractivity contribution is 6.19. The van der Waals surface area contributed by atoms with Crippen LogP contribution in [0, 0.1) is 11.6 Å². The molecule has 1 aromatic carbocycles. The number of carbonyl (C=O) groups excluding carboxylic acids is 3. The zero-order valence-electron chi connectivity index (χ0n) is 23.6. The van der Waals surface area contributed by atoms with Crippen LogP contribution in [0.5, 0.6) is 0 Å². The van der Waals surface area contributed by atoms with E-state index in [-0.39, 0.29) is 36.5 Å². The number of amides is 3. The second kappa shape index (κ2) is 12.0. The Balaban J connectivity index is 1.65. The van der Waals surface area contributed by atoms with E-state index in [0.717, 1.165) is 6.07 Å². The molecule has 1 saturated heterocycles. The molecule has 1 unspecified atom stereocenters. The number of piperidine rings is 1. The van der Waals surface area contributed by atoms with E-state index in [9.17, 15) is 36.3 Å². The topological polar surface area (TPSA) is 130 Å². The average molecular weight is 611 g/mol. The lowest BCUT2D eigenvalue weighted by Gasteiger charge is -2.46. The third-order valence-electron chi connectivity index (χ3n) is 7.38. The molecule has 43 heavy (non-hydrogen) atoms. The van der Waals surface area contributed by atoms with Gasteiger partial charge < -0.3 is 20.7 Å². The van der Waals surface area contributed by atoms with Crippen molar-refractivity contribution in [2.45, 2.75) is 63.0 Å². The molecule has 2 aliphatic heterocycles. The number of fused-ring (bicyclic) bond motifs is 1. The minimum atomic E-state index is -4.73. The number of rotatable bonds is 9. The van der Waals surface area contributed by atoms with Crippen molar-refractivity contribution in [2.24, 2.45) is 10.8 Å². The summed E-state index contributed by atoms with van der Waals surface area (Å²) in [6.07, 6.45) is -3.41. The summed E-state index contributed by atoms with van der Waals surface area (Å²) < 4.78 is 73.0. The molecule has 4 rings (SSSR count). The van der Waals surface area contributed by atoms with Crippen LogP contribution < -0.4 is 11.1 Å². The van der Waals surface area contributed by atoms with Crippen molar-refractivity contribution in [3.8, 4) is 0 Å². The van der Waals surface area contributed by atoms with Crippen LogP contribution in [0.25, 0.3) is 0 Å². The van der Waals surface area contributed by atoms with E-state index in [1.165, 1.54) is 44.0 Å². The molecular weight excluding hydrogens is 579 g/mol. The Morgan fingerprint density at radius 3 is 2.53 bits per heavy atom. The molecule has 1 aromatic heterocycles. The molecule has 0 spiro atoms. The number of aromatic nitrogens is 1. The third kappa shape index (κ3) is 6.51. The van der Waals surface area contributed by atoms with Crippen molar-refractivity contribution in [1.82, 2.24) is 20.2 Å². The molecule has 0 radical (unpaired) electrons. The number of halogens is 5. The number of ether oxygens (including phenoxy) is 1. The average Bonchev–Trinajstić information content (AvgIpc) is 3.20. The minimum absolute atomic E-state index is 0.000636. The monoisotopic (exact) mass is 610 g/mol. The molecular formula is C28H31F5N6O4. The molecule has 1 fully saturated rings. The molecule has 10 nitrogen and oxygen atoms in total. The van der Waals surface area contributed by atoms with Crippen molar-refractivity contribution in [2.75, 3.05) is 19.7 Å². The Morgan fingerprint density at radius 2 is 1.93 bits per heavy atom. The van der Waals surface area contributed by atoms with Gasteiger partial charge in [-0.25, -0.2) is 13.8 Å². The molecule has 2 aromatic rings. The first-order valence-electron chi connectivity index (χ1n) is 13.4. The summed E-state index contributed by atoms with van der Waals surface area (Å²) in [5.74, 6) is -4.09. The van der Waals surface area contributed by atoms with E-state index in [4.69, 9.17) is 10.5 Å². The van der Waals surface area contributed by atoms with Gasteiger partial charge in [-0.05, 0) is 39.0 Å². The van der Waals surface area contributed by atoms with Crippen LogP contribution in [-0.2, 0) is 31.1 Å². The van der Waals surface area contributed by atoms with Gasteiger partial charge in [-0.1, -0.05) is 12.1 Å². The molecule has 3 N–H and O–H groups in total. The van der Waals surface area contributed by atoms with E-state index in [1.807, 2.05) is 0 Å². The van der Waals surface area contributed by atoms with Crippen LogP contribution in [0.1, 0.15) is 38.4 Å². The predicted octanol–water partition coefficient (Wildman–Crippen LogP) is 2.42. The second-order valence-corrected chi connectivity index (χ2v) is 11.0. The number of nitrogens with two attached hydrogens (primary N) is 1. The molecule has 232 valence electrons. The number of alkyl halides is 3. The summed E-state index contributed by atoms with van der Waals surface area (Å²) in [6, 6.07) is 5.02. The zero-order valence-corrected chi connectivity index (χ0v) is 23.6. The number of nitrogens with one attached hydrogen (secondary N) is 1. The van der Waals surface area contributed by atoms with Crippen molar-refractivity contribution in [3.05, 3.63) is 65.5 Å². The third-order valence-corrected chi connectivity index (χ3v) is 7.38. The van der Waals surface area contributed by atoms with Gasteiger partial charge >= 0.3 is 6.18 Å². The maximum atomic E-state index is 14.1. The molecule has 3 atom stereocenters. The Labute approximate surface area is 244 Å². The van der Waals surface area contributed by atoms with Gasteiger partial charge in [-0.15, -0.1) is 0 Å². The summed E-state index contributed by atoms with van der Waals surface area (Å²) in [5.41, 5.74) is 2.92. The molecule has 3 amide bonds. The largest absolute Gasteiger partial charge is 0.408 e. The highest BCUT2D eigenvalue weighted by Gasteiger charge is 2.62. The predicted molar refractivity (Wildman–Crippen MR) is 143 cm³/mol. The van der Waals surface area contributed by atoms with E-state index < -0.39 is 71.7 Å². The molecule has 0 saturated carbocycles. The molecule has 2 aliphatic rings. The SMILES string of the molecule is CC1N(C(=O)[C@@H](COCc2ccc(F)cc2F)NC(=O)C(C)(C)N)CCC2=NN(CC(F)(F)F)C(=O)[C@@]21c1ccccn1. The fourth-order valence-corrected chi connectivity index (χ4v) is 5.21. The van der Waals surface area contributed by atoms with E-state index in [1.54, 1.807) is 12.1 Å². The van der Waals surface area contributed by atoms with Crippen molar-refractivity contribution >= 4 is 23.4 Å². The molecule has 0 aliphatic carbocycles. The molecule has 0 bridgehead atoms. The Bertz CT molecular complexity index is 1410. The first kappa shape index (κ1) is 31.9. The summed E-state index contributed by atoms with van der Waals surface area (Å²) in [6.45, 7) is 1.81. The number of hydrogen-bond acceptors (Lipinski definition) is 7. The van der Waals surface area contributed by atoms with Gasteiger partial charge in [0.2, 0.25) is 11.8 Å². The number of nitrogens with zero attached hydrogens (tertiary/aromatic N) is 4. The van der Waals surface area contributed by atoms with Gasteiger partial charge in [-0.2, -0.15) is 18.3 Å². The number of hydrogen-bond donors (Lipinski definition) is 2. The smallest absolute Gasteiger partial charge is 0.374 e. The number of carbonyl (C=O) groups is 3. The minimum Gasteiger partial charge on any atom is -0.374 e. The van der Waals surface area contributed by atoms with Crippen LogP contribution in [-0.4, -0.2) is 81.8 Å². The van der Waals surface area contributed by atoms with Crippen LogP contribution in [0.2, 0.25) is 0 Å². The van der Waals surface area contributed by atoms with Crippen LogP contribution in [0.4, 0.5) is 22.0 Å². The van der Waals surface area contributed by atoms with Gasteiger partial charge in [-0.3, -0.25) is 19.4 Å². The Kier molecular flexibility index (Phi) is 8.88. The first-order chi connectivity index (χ1) is 20.1. The van der Waals surface area contributed by atoms with Gasteiger partial charge in [0.05, 0.1) is 36.2 Å². The summed E-state index contributed by atoms with van der Waals surface area (Å²) >= 11 is 0. The van der Waals surface area contributed by atoms with Gasteiger partial charge in [0, 0.05) is 30.8 Å². The lowest BCUT2D eigenvalue weighted by Crippen LogP contribution is -2.66. The highest BCUT2D eigenvalue weighted by Crippen LogP contribution is 2.43. The first-order valence-corrected chi connectivity index (χ1v) is 13.4. The quantitative estimate of drug-likeness (QED) is 0.420. The van der Waals surface area contributed by atoms with Gasteiger partial charge in [0.25, 0.3) is 5.91 Å². The highest BCUT2D eigenvalue weighted by atomic mass is 19.4. The Morgan fingerprint density at radius 1 is 1.21 bits per heavy atom. The van der Waals surface area contributed by atoms with Crippen molar-refractivity contribution in [3.63, 3.8) is 0 Å². The van der Waals surface area contributed by atoms with Crippen LogP contribution >= 0.6 is 0 Å². The zero-order chi connectivity index (χ0) is 31.7. The number of hydrazone groups is 1. The second-order valence-electron chi connectivity index (χ2n) is 11.0. The lowest BCUT2D eigenvalue weighted by atomic mass is 9.69. The summed E-state index contributed by atoms with van der Waals surface area (Å²) in [7, 11) is 0. The number of benzene rings is 1. The molecule has 3 heterocycles. The molecule has 15 heteroatoms. The van der Waals surface area contributed by atoms with Crippen molar-refractivity contribution in [1.29, 1.82) is 0 Å². The summed E-state index contributed by atoms with van der Waals surface area (Å²) in [5, 5.41) is 6.90. The maximum absolute atomic E-state index is 14.1. The normalized spacial score (nSPS) is 21.4. The van der Waals surface area contributed by atoms with Gasteiger partial charge in [0.15, 0.2) is 5.41 Å².